The van der Waals surface area contributed by atoms with Crippen LogP contribution >= 0.6 is 11.3 Å². The van der Waals surface area contributed by atoms with Crippen LogP contribution < -0.4 is 16.0 Å². The van der Waals surface area contributed by atoms with E-state index in [0.29, 0.717) is 42.2 Å². The van der Waals surface area contributed by atoms with Crippen molar-refractivity contribution >= 4 is 40.1 Å². The van der Waals surface area contributed by atoms with Gasteiger partial charge < -0.3 is 25.6 Å². The Morgan fingerprint density at radius 3 is 2.91 bits per heavy atom. The number of allylic oxidation sites excluding steroid dienone is 1. The molecule has 3 aliphatic heterocycles. The molecule has 0 radical (unpaired) electrons. The van der Waals surface area contributed by atoms with Crippen molar-refractivity contribution in [2.45, 2.75) is 26.0 Å². The highest BCUT2D eigenvalue weighted by atomic mass is 32.1. The van der Waals surface area contributed by atoms with Crippen molar-refractivity contribution in [1.29, 1.82) is 0 Å². The van der Waals surface area contributed by atoms with Crippen molar-refractivity contribution in [3.05, 3.63) is 63.3 Å². The average Bonchev–Trinajstić information content (AvgIpc) is 3.51. The molecule has 5 rings (SSSR count). The van der Waals surface area contributed by atoms with Gasteiger partial charge in [-0.2, -0.15) is 0 Å². The highest BCUT2D eigenvalue weighted by Crippen LogP contribution is 2.45. The Hall–Kier alpha value is -3.17. The summed E-state index contributed by atoms with van der Waals surface area (Å²) in [6, 6.07) is 6.40. The monoisotopic (exact) mass is 468 g/mol. The molecular weight excluding hydrogens is 443 g/mol. The quantitative estimate of drug-likeness (QED) is 0.447. The number of carbonyl (C=O) groups is 2. The van der Waals surface area contributed by atoms with Crippen LogP contribution in [0.2, 0.25) is 0 Å². The van der Waals surface area contributed by atoms with Crippen molar-refractivity contribution in [2.24, 2.45) is 0 Å². The average molecular weight is 469 g/mol. The number of anilines is 1. The lowest BCUT2D eigenvalue weighted by Crippen LogP contribution is -2.34. The number of hydrogen-bond acceptors (Lipinski definition) is 5. The van der Waals surface area contributed by atoms with Crippen LogP contribution in [0, 0.1) is 5.82 Å². The van der Waals surface area contributed by atoms with Gasteiger partial charge >= 0.3 is 6.03 Å². The van der Waals surface area contributed by atoms with Crippen molar-refractivity contribution in [3.8, 4) is 0 Å². The summed E-state index contributed by atoms with van der Waals surface area (Å²) in [7, 11) is 0. The van der Waals surface area contributed by atoms with Gasteiger partial charge in [0.05, 0.1) is 11.3 Å². The van der Waals surface area contributed by atoms with Crippen LogP contribution in [0.25, 0.3) is 11.1 Å². The first-order valence-corrected chi connectivity index (χ1v) is 11.8. The van der Waals surface area contributed by atoms with E-state index in [0.717, 1.165) is 24.2 Å². The Kier molecular flexibility index (Phi) is 5.46. The maximum absolute atomic E-state index is 13.6. The maximum Gasteiger partial charge on any atom is 0.317 e. The smallest absolute Gasteiger partial charge is 0.317 e. The third kappa shape index (κ3) is 4.14. The van der Waals surface area contributed by atoms with Crippen LogP contribution in [0.1, 0.15) is 29.9 Å². The van der Waals surface area contributed by atoms with Gasteiger partial charge in [0.2, 0.25) is 0 Å². The molecule has 0 bridgehead atoms. The van der Waals surface area contributed by atoms with Crippen molar-refractivity contribution in [3.63, 3.8) is 0 Å². The summed E-state index contributed by atoms with van der Waals surface area (Å²) in [4.78, 5) is 27.2. The second-order valence-electron chi connectivity index (χ2n) is 8.75. The molecular formula is C24H25FN4O3S. The molecule has 172 valence electrons. The van der Waals surface area contributed by atoms with E-state index in [9.17, 15) is 14.0 Å². The number of benzene rings is 1. The van der Waals surface area contributed by atoms with Crippen molar-refractivity contribution in [1.82, 2.24) is 15.5 Å². The SMILES string of the molecule is CC1(C)O/C(=C2/C(=O)Nc3cc(F)ccc32)C=C1c1csc(CNCCN2CCNC2=O)c1. The zero-order valence-electron chi connectivity index (χ0n) is 18.5. The predicted molar refractivity (Wildman–Crippen MR) is 126 cm³/mol. The first-order valence-electron chi connectivity index (χ1n) is 10.9. The van der Waals surface area contributed by atoms with Gasteiger partial charge in [-0.15, -0.1) is 11.3 Å². The lowest BCUT2D eigenvalue weighted by atomic mass is 9.94. The molecule has 1 aromatic heterocycles. The molecule has 3 aliphatic rings. The molecule has 9 heteroatoms. The van der Waals surface area contributed by atoms with Crippen LogP contribution in [-0.4, -0.2) is 48.6 Å². The fourth-order valence-electron chi connectivity index (χ4n) is 4.37. The summed E-state index contributed by atoms with van der Waals surface area (Å²) in [5.74, 6) is -0.194. The Labute approximate surface area is 195 Å². The van der Waals surface area contributed by atoms with E-state index in [-0.39, 0.29) is 11.9 Å². The van der Waals surface area contributed by atoms with E-state index in [2.05, 4.69) is 27.4 Å². The number of thiophene rings is 1. The second-order valence-corrected chi connectivity index (χ2v) is 9.75. The minimum atomic E-state index is -0.611. The number of amides is 3. The number of halogens is 1. The molecule has 3 amide bonds. The number of hydrogen-bond donors (Lipinski definition) is 3. The summed E-state index contributed by atoms with van der Waals surface area (Å²) in [6.45, 7) is 7.53. The molecule has 1 saturated heterocycles. The Morgan fingerprint density at radius 2 is 2.12 bits per heavy atom. The fraction of sp³-hybridized carbons (Fsp3) is 0.333. The van der Waals surface area contributed by atoms with Gasteiger partial charge in [0, 0.05) is 48.7 Å². The van der Waals surface area contributed by atoms with Crippen molar-refractivity contribution in [2.75, 3.05) is 31.5 Å². The van der Waals surface area contributed by atoms with Gasteiger partial charge in [-0.1, -0.05) is 0 Å². The van der Waals surface area contributed by atoms with Gasteiger partial charge in [0.25, 0.3) is 5.91 Å². The Balaban J connectivity index is 1.32. The number of fused-ring (bicyclic) bond motifs is 1. The second kappa shape index (κ2) is 8.31. The molecule has 3 N–H and O–H groups in total. The summed E-state index contributed by atoms with van der Waals surface area (Å²) >= 11 is 1.66. The molecule has 0 aliphatic carbocycles. The summed E-state index contributed by atoms with van der Waals surface area (Å²) in [5, 5.41) is 11.0. The molecule has 4 heterocycles. The normalized spacial score (nSPS) is 21.1. The van der Waals surface area contributed by atoms with Crippen LogP contribution in [0.3, 0.4) is 0 Å². The largest absolute Gasteiger partial charge is 0.482 e. The first kappa shape index (κ1) is 21.7. The summed E-state index contributed by atoms with van der Waals surface area (Å²) < 4.78 is 19.8. The Morgan fingerprint density at radius 1 is 1.27 bits per heavy atom. The summed E-state index contributed by atoms with van der Waals surface area (Å²) in [5.41, 5.74) is 2.96. The molecule has 1 aromatic carbocycles. The highest BCUT2D eigenvalue weighted by molar-refractivity contribution is 7.10. The van der Waals surface area contributed by atoms with E-state index in [1.54, 1.807) is 22.3 Å². The minimum absolute atomic E-state index is 0.000705. The maximum atomic E-state index is 13.6. The third-order valence-electron chi connectivity index (χ3n) is 6.03. The lowest BCUT2D eigenvalue weighted by molar-refractivity contribution is -0.111. The van der Waals surface area contributed by atoms with Gasteiger partial charge in [-0.05, 0) is 55.1 Å². The zero-order chi connectivity index (χ0) is 23.2. The number of carbonyl (C=O) groups excluding carboxylic acids is 2. The van der Waals surface area contributed by atoms with Crippen LogP contribution in [0.5, 0.6) is 0 Å². The lowest BCUT2D eigenvalue weighted by Gasteiger charge is -2.22. The minimum Gasteiger partial charge on any atom is -0.482 e. The molecule has 33 heavy (non-hydrogen) atoms. The predicted octanol–water partition coefficient (Wildman–Crippen LogP) is 3.56. The number of ether oxygens (including phenoxy) is 1. The first-order chi connectivity index (χ1) is 15.8. The number of urea groups is 1. The van der Waals surface area contributed by atoms with Gasteiger partial charge in [0.1, 0.15) is 17.2 Å². The number of nitrogens with zero attached hydrogens (tertiary/aromatic N) is 1. The number of nitrogens with one attached hydrogen (secondary N) is 3. The topological polar surface area (TPSA) is 82.7 Å². The molecule has 0 saturated carbocycles. The van der Waals surface area contributed by atoms with Crippen LogP contribution in [0.4, 0.5) is 14.9 Å². The molecule has 1 fully saturated rings. The fourth-order valence-corrected chi connectivity index (χ4v) is 5.23. The van der Waals surface area contributed by atoms with Gasteiger partial charge in [-0.25, -0.2) is 9.18 Å². The number of rotatable bonds is 6. The molecule has 0 unspecified atom stereocenters. The van der Waals surface area contributed by atoms with E-state index < -0.39 is 11.4 Å². The van der Waals surface area contributed by atoms with E-state index in [1.807, 2.05) is 19.9 Å². The van der Waals surface area contributed by atoms with E-state index in [4.69, 9.17) is 4.74 Å². The molecule has 0 atom stereocenters. The highest BCUT2D eigenvalue weighted by Gasteiger charge is 2.38. The molecule has 7 nitrogen and oxygen atoms in total. The third-order valence-corrected chi connectivity index (χ3v) is 6.97. The van der Waals surface area contributed by atoms with E-state index >= 15 is 0 Å². The van der Waals surface area contributed by atoms with Crippen LogP contribution in [0.15, 0.2) is 41.5 Å². The Bertz CT molecular complexity index is 1200. The van der Waals surface area contributed by atoms with Gasteiger partial charge in [-0.3, -0.25) is 4.79 Å². The zero-order valence-corrected chi connectivity index (χ0v) is 19.3. The van der Waals surface area contributed by atoms with Gasteiger partial charge in [0.15, 0.2) is 0 Å². The molecule has 2 aromatic rings. The van der Waals surface area contributed by atoms with Crippen LogP contribution in [-0.2, 0) is 16.1 Å². The molecule has 0 spiro atoms. The van der Waals surface area contributed by atoms with E-state index in [1.165, 1.54) is 17.0 Å². The standard InChI is InChI=1S/C24H25FN4O3S/c1-24(2)18(11-20(32-24)21-17-4-3-15(25)10-19(17)28-22(21)30)14-9-16(33-13-14)12-26-5-7-29-8-6-27-23(29)31/h3-4,9-11,13,26H,5-8,12H2,1-2H3,(H,27,31)(H,28,30)/b21-20+. The summed E-state index contributed by atoms with van der Waals surface area (Å²) in [6.07, 6.45) is 1.92. The van der Waals surface area contributed by atoms with Crippen molar-refractivity contribution < 1.29 is 18.7 Å².